The van der Waals surface area contributed by atoms with Crippen molar-refractivity contribution in [3.8, 4) is 0 Å². The molecule has 2 aliphatic heterocycles. The van der Waals surface area contributed by atoms with Crippen molar-refractivity contribution in [2.75, 3.05) is 26.2 Å². The molecule has 3 aromatic rings. The van der Waals surface area contributed by atoms with Crippen LogP contribution in [0.15, 0.2) is 36.5 Å². The third kappa shape index (κ3) is 3.05. The Morgan fingerprint density at radius 2 is 2.18 bits per heavy atom. The molecular weight excluding hydrogens is 358 g/mol. The Kier molecular flexibility index (Phi) is 4.12. The fourth-order valence-electron chi connectivity index (χ4n) is 4.14. The number of carbonyl (C=O) groups is 2. The summed E-state index contributed by atoms with van der Waals surface area (Å²) in [5.74, 6) is -0.169. The minimum Gasteiger partial charge on any atom is -0.443 e. The van der Waals surface area contributed by atoms with E-state index >= 15 is 0 Å². The lowest BCUT2D eigenvalue weighted by molar-refractivity contribution is 0.0931. The van der Waals surface area contributed by atoms with Crippen LogP contribution in [0.25, 0.3) is 21.8 Å². The first-order valence-corrected chi connectivity index (χ1v) is 9.50. The number of carbonyl (C=O) groups excluding carboxylic acids is 2. The molecule has 2 fully saturated rings. The number of fused-ring (bicyclic) bond motifs is 3. The molecule has 3 N–H and O–H groups in total. The first-order chi connectivity index (χ1) is 13.7. The second kappa shape index (κ2) is 6.79. The smallest absolute Gasteiger partial charge is 0.407 e. The van der Waals surface area contributed by atoms with Crippen molar-refractivity contribution >= 4 is 33.8 Å². The highest BCUT2D eigenvalue weighted by Crippen LogP contribution is 2.26. The molecule has 2 aromatic heterocycles. The maximum absolute atomic E-state index is 12.9. The molecular formula is C20H21N5O3. The van der Waals surface area contributed by atoms with Gasteiger partial charge in [-0.2, -0.15) is 0 Å². The maximum Gasteiger partial charge on any atom is 0.407 e. The molecule has 8 heteroatoms. The van der Waals surface area contributed by atoms with Gasteiger partial charge in [0.05, 0.1) is 12.1 Å². The summed E-state index contributed by atoms with van der Waals surface area (Å²) in [4.78, 5) is 33.9. The summed E-state index contributed by atoms with van der Waals surface area (Å²) in [6.45, 7) is 2.82. The van der Waals surface area contributed by atoms with Gasteiger partial charge in [0, 0.05) is 48.2 Å². The highest BCUT2D eigenvalue weighted by molar-refractivity contribution is 6.13. The van der Waals surface area contributed by atoms with Gasteiger partial charge in [-0.1, -0.05) is 18.2 Å². The predicted molar refractivity (Wildman–Crippen MR) is 104 cm³/mol. The highest BCUT2D eigenvalue weighted by atomic mass is 16.6. The first kappa shape index (κ1) is 17.0. The van der Waals surface area contributed by atoms with E-state index in [9.17, 15) is 9.59 Å². The quantitative estimate of drug-likeness (QED) is 0.640. The molecule has 0 saturated carbocycles. The van der Waals surface area contributed by atoms with Gasteiger partial charge in [-0.05, 0) is 18.6 Å². The van der Waals surface area contributed by atoms with Crippen molar-refractivity contribution in [2.24, 2.45) is 0 Å². The third-order valence-electron chi connectivity index (χ3n) is 5.46. The Balaban J connectivity index is 1.29. The molecule has 2 aliphatic rings. The van der Waals surface area contributed by atoms with Gasteiger partial charge in [0.1, 0.15) is 6.10 Å². The van der Waals surface area contributed by atoms with Crippen molar-refractivity contribution in [1.29, 1.82) is 0 Å². The Morgan fingerprint density at radius 1 is 1.29 bits per heavy atom. The Bertz CT molecular complexity index is 1060. The number of alkyl carbamates (subject to hydrolysis) is 1. The normalized spacial score (nSPS) is 22.5. The number of nitrogens with zero attached hydrogens (tertiary/aromatic N) is 2. The number of likely N-dealkylation sites (tertiary alicyclic amines) is 1. The summed E-state index contributed by atoms with van der Waals surface area (Å²) < 4.78 is 5.19. The molecule has 144 valence electrons. The zero-order chi connectivity index (χ0) is 19.1. The lowest BCUT2D eigenvalue weighted by atomic mass is 10.1. The number of ether oxygens (including phenoxy) is 1. The number of amides is 2. The number of para-hydroxylation sites is 1. The first-order valence-electron chi connectivity index (χ1n) is 9.50. The summed E-state index contributed by atoms with van der Waals surface area (Å²) in [6.07, 6.45) is 2.07. The van der Waals surface area contributed by atoms with Crippen molar-refractivity contribution in [2.45, 2.75) is 18.6 Å². The van der Waals surface area contributed by atoms with E-state index in [1.54, 1.807) is 6.20 Å². The third-order valence-corrected chi connectivity index (χ3v) is 5.46. The van der Waals surface area contributed by atoms with Gasteiger partial charge in [0.2, 0.25) is 0 Å². The van der Waals surface area contributed by atoms with Crippen LogP contribution < -0.4 is 10.6 Å². The second-order valence-electron chi connectivity index (χ2n) is 7.38. The molecule has 1 unspecified atom stereocenters. The topological polar surface area (TPSA) is 99.4 Å². The number of nitrogens with one attached hydrogen (secondary N) is 3. The van der Waals surface area contributed by atoms with E-state index in [1.165, 1.54) is 0 Å². The number of cyclic esters (lactones) is 1. The van der Waals surface area contributed by atoms with E-state index in [1.807, 2.05) is 30.3 Å². The number of aromatic amines is 1. The second-order valence-corrected chi connectivity index (χ2v) is 7.38. The minimum absolute atomic E-state index is 0.0546. The number of hydrogen-bond donors (Lipinski definition) is 3. The highest BCUT2D eigenvalue weighted by Gasteiger charge is 2.30. The van der Waals surface area contributed by atoms with Gasteiger partial charge in [0.15, 0.2) is 5.69 Å². The van der Waals surface area contributed by atoms with Crippen molar-refractivity contribution < 1.29 is 14.3 Å². The molecule has 0 aliphatic carbocycles. The molecule has 0 radical (unpaired) electrons. The van der Waals surface area contributed by atoms with Crippen LogP contribution in [0.5, 0.6) is 0 Å². The summed E-state index contributed by atoms with van der Waals surface area (Å²) in [5, 5.41) is 7.86. The van der Waals surface area contributed by atoms with E-state index in [2.05, 4.69) is 25.5 Å². The molecule has 1 aromatic carbocycles. The summed E-state index contributed by atoms with van der Waals surface area (Å²) in [6, 6.07) is 9.97. The molecule has 2 saturated heterocycles. The number of pyridine rings is 1. The zero-order valence-corrected chi connectivity index (χ0v) is 15.3. The van der Waals surface area contributed by atoms with Crippen molar-refractivity contribution in [3.05, 3.63) is 42.2 Å². The SMILES string of the molecule is O=C1NCC(CN2CC[C@H](NC(=O)c3nccc4c3[nH]c3ccccc34)C2)O1. The minimum atomic E-state index is -0.355. The lowest BCUT2D eigenvalue weighted by Gasteiger charge is -2.19. The number of rotatable bonds is 4. The molecule has 0 bridgehead atoms. The van der Waals surface area contributed by atoms with Gasteiger partial charge in [-0.15, -0.1) is 0 Å². The van der Waals surface area contributed by atoms with Gasteiger partial charge >= 0.3 is 6.09 Å². The van der Waals surface area contributed by atoms with Gasteiger partial charge in [-0.3, -0.25) is 9.69 Å². The predicted octanol–water partition coefficient (Wildman–Crippen LogP) is 1.63. The fourth-order valence-corrected chi connectivity index (χ4v) is 4.14. The average Bonchev–Trinajstić information content (AvgIpc) is 3.40. The summed E-state index contributed by atoms with van der Waals surface area (Å²) in [5.41, 5.74) is 2.17. The summed E-state index contributed by atoms with van der Waals surface area (Å²) >= 11 is 0. The van der Waals surface area contributed by atoms with Crippen LogP contribution >= 0.6 is 0 Å². The number of hydrogen-bond acceptors (Lipinski definition) is 5. The number of H-pyrrole nitrogens is 1. The Morgan fingerprint density at radius 3 is 3.04 bits per heavy atom. The Hall–Kier alpha value is -3.13. The lowest BCUT2D eigenvalue weighted by Crippen LogP contribution is -2.39. The molecule has 5 rings (SSSR count). The van der Waals surface area contributed by atoms with Crippen LogP contribution in [-0.4, -0.2) is 65.2 Å². The molecule has 2 atom stereocenters. The standard InChI is InChI=1S/C20H21N5O3/c26-19(23-12-6-8-25(10-12)11-13-9-22-20(27)28-13)18-17-15(5-7-21-18)14-3-1-2-4-16(14)24-17/h1-5,7,12-13,24H,6,8-11H2,(H,22,27)(H,23,26)/t12-,13?/m0/s1. The molecule has 4 heterocycles. The molecule has 8 nitrogen and oxygen atoms in total. The van der Waals surface area contributed by atoms with Gasteiger partial charge in [0.25, 0.3) is 5.91 Å². The van der Waals surface area contributed by atoms with Gasteiger partial charge in [-0.25, -0.2) is 9.78 Å². The van der Waals surface area contributed by atoms with Crippen molar-refractivity contribution in [1.82, 2.24) is 25.5 Å². The Labute approximate surface area is 161 Å². The maximum atomic E-state index is 12.9. The van der Waals surface area contributed by atoms with E-state index in [0.717, 1.165) is 41.3 Å². The number of aromatic nitrogens is 2. The monoisotopic (exact) mass is 379 g/mol. The van der Waals surface area contributed by atoms with Gasteiger partial charge < -0.3 is 20.4 Å². The largest absolute Gasteiger partial charge is 0.443 e. The van der Waals surface area contributed by atoms with Crippen LogP contribution in [0.3, 0.4) is 0 Å². The molecule has 28 heavy (non-hydrogen) atoms. The summed E-state index contributed by atoms with van der Waals surface area (Å²) in [7, 11) is 0. The van der Waals surface area contributed by atoms with E-state index < -0.39 is 0 Å². The zero-order valence-electron chi connectivity index (χ0n) is 15.3. The average molecular weight is 379 g/mol. The van der Waals surface area contributed by atoms with Crippen LogP contribution in [-0.2, 0) is 4.74 Å². The molecule has 2 amide bonds. The van der Waals surface area contributed by atoms with E-state index in [4.69, 9.17) is 4.74 Å². The van der Waals surface area contributed by atoms with Crippen LogP contribution in [0.4, 0.5) is 4.79 Å². The van der Waals surface area contributed by atoms with E-state index in [-0.39, 0.29) is 24.1 Å². The number of benzene rings is 1. The van der Waals surface area contributed by atoms with Crippen LogP contribution in [0, 0.1) is 0 Å². The van der Waals surface area contributed by atoms with Crippen LogP contribution in [0.1, 0.15) is 16.9 Å². The van der Waals surface area contributed by atoms with Crippen LogP contribution in [0.2, 0.25) is 0 Å². The molecule has 0 spiro atoms. The van der Waals surface area contributed by atoms with Crippen molar-refractivity contribution in [3.63, 3.8) is 0 Å². The van der Waals surface area contributed by atoms with E-state index in [0.29, 0.717) is 18.8 Å². The fraction of sp³-hybridized carbons (Fsp3) is 0.350.